The quantitative estimate of drug-likeness (QED) is 0.233. The van der Waals surface area contributed by atoms with Crippen LogP contribution in [0.1, 0.15) is 16.7 Å². The molecule has 1 aromatic heterocycles. The lowest BCUT2D eigenvalue weighted by Gasteiger charge is -2.15. The van der Waals surface area contributed by atoms with Crippen molar-refractivity contribution in [1.29, 1.82) is 0 Å². The van der Waals surface area contributed by atoms with E-state index in [1.165, 1.54) is 10.3 Å². The Bertz CT molecular complexity index is 1450. The van der Waals surface area contributed by atoms with Crippen LogP contribution in [0.2, 0.25) is 5.02 Å². The van der Waals surface area contributed by atoms with Gasteiger partial charge in [0.15, 0.2) is 11.5 Å². The zero-order valence-electron chi connectivity index (χ0n) is 19.5. The van der Waals surface area contributed by atoms with Crippen LogP contribution in [0.5, 0.6) is 11.5 Å². The largest absolute Gasteiger partial charge is 0.493 e. The Morgan fingerprint density at radius 2 is 1.71 bits per heavy atom. The fourth-order valence-corrected chi connectivity index (χ4v) is 5.09. The van der Waals surface area contributed by atoms with Crippen LogP contribution in [0.15, 0.2) is 84.9 Å². The number of ether oxygens (including phenoxy) is 2. The van der Waals surface area contributed by atoms with Crippen LogP contribution in [0.3, 0.4) is 0 Å². The van der Waals surface area contributed by atoms with E-state index in [0.29, 0.717) is 29.7 Å². The summed E-state index contributed by atoms with van der Waals surface area (Å²) >= 11 is 8.29. The number of nitrogens with one attached hydrogen (secondary N) is 1. The van der Waals surface area contributed by atoms with Gasteiger partial charge in [0.2, 0.25) is 0 Å². The Balaban J connectivity index is 1.26. The second-order valence-electron chi connectivity index (χ2n) is 8.29. The second kappa shape index (κ2) is 10.4. The molecule has 0 saturated heterocycles. The molecule has 6 heteroatoms. The van der Waals surface area contributed by atoms with Crippen molar-refractivity contribution < 1.29 is 9.47 Å². The van der Waals surface area contributed by atoms with Crippen molar-refractivity contribution in [2.75, 3.05) is 12.4 Å². The molecule has 1 heterocycles. The molecule has 35 heavy (non-hydrogen) atoms. The number of methoxy groups -OCH3 is 1. The van der Waals surface area contributed by atoms with Gasteiger partial charge in [-0.15, -0.1) is 11.3 Å². The predicted octanol–water partition coefficient (Wildman–Crippen LogP) is 8.12. The average molecular weight is 501 g/mol. The number of benzene rings is 4. The van der Waals surface area contributed by atoms with Crippen LogP contribution in [-0.2, 0) is 13.2 Å². The molecular formula is C29H25ClN2O2S. The standard InChI is InChI=1S/C29H25ClN2O2S/c1-19-8-13-25-28(14-19)35-29(32-25)21-9-11-23(12-10-21)31-17-22-15-26(33-2)27(16-24(22)30)34-18-20-6-4-3-5-7-20/h3-16,31H,17-18H2,1-2H3. The lowest BCUT2D eigenvalue weighted by atomic mass is 10.1. The number of anilines is 1. The van der Waals surface area contributed by atoms with Crippen molar-refractivity contribution >= 4 is 38.8 Å². The average Bonchev–Trinajstić information content (AvgIpc) is 3.31. The number of hydrogen-bond donors (Lipinski definition) is 1. The van der Waals surface area contributed by atoms with Gasteiger partial charge >= 0.3 is 0 Å². The molecule has 4 aromatic carbocycles. The maximum atomic E-state index is 6.58. The number of aromatic nitrogens is 1. The highest BCUT2D eigenvalue weighted by Crippen LogP contribution is 2.35. The van der Waals surface area contributed by atoms with Gasteiger partial charge in [-0.1, -0.05) is 48.0 Å². The zero-order chi connectivity index (χ0) is 24.2. The third-order valence-electron chi connectivity index (χ3n) is 5.73. The summed E-state index contributed by atoms with van der Waals surface area (Å²) in [4.78, 5) is 4.78. The molecule has 0 amide bonds. The highest BCUT2D eigenvalue weighted by atomic mass is 35.5. The Morgan fingerprint density at radius 1 is 0.914 bits per heavy atom. The number of hydrogen-bond acceptors (Lipinski definition) is 5. The summed E-state index contributed by atoms with van der Waals surface area (Å²) in [5, 5.41) is 5.10. The van der Waals surface area contributed by atoms with E-state index in [1.807, 2.05) is 42.5 Å². The molecule has 5 aromatic rings. The molecule has 0 aliphatic rings. The molecule has 176 valence electrons. The predicted molar refractivity (Wildman–Crippen MR) is 146 cm³/mol. The molecule has 0 unspecified atom stereocenters. The first-order chi connectivity index (χ1) is 17.1. The van der Waals surface area contributed by atoms with Crippen molar-refractivity contribution in [2.24, 2.45) is 0 Å². The second-order valence-corrected chi connectivity index (χ2v) is 9.73. The minimum absolute atomic E-state index is 0.450. The Morgan fingerprint density at radius 3 is 2.49 bits per heavy atom. The molecule has 0 atom stereocenters. The minimum Gasteiger partial charge on any atom is -0.493 e. The monoisotopic (exact) mass is 500 g/mol. The molecule has 0 aliphatic carbocycles. The van der Waals surface area contributed by atoms with Gasteiger partial charge in [-0.2, -0.15) is 0 Å². The van der Waals surface area contributed by atoms with E-state index in [-0.39, 0.29) is 0 Å². The first-order valence-corrected chi connectivity index (χ1v) is 12.5. The number of nitrogens with zero attached hydrogens (tertiary/aromatic N) is 1. The maximum Gasteiger partial charge on any atom is 0.163 e. The number of halogens is 1. The van der Waals surface area contributed by atoms with Gasteiger partial charge < -0.3 is 14.8 Å². The first kappa shape index (κ1) is 23.2. The van der Waals surface area contributed by atoms with Crippen molar-refractivity contribution in [2.45, 2.75) is 20.1 Å². The van der Waals surface area contributed by atoms with E-state index in [1.54, 1.807) is 18.4 Å². The lowest BCUT2D eigenvalue weighted by molar-refractivity contribution is 0.284. The SMILES string of the molecule is COc1cc(CNc2ccc(-c3nc4ccc(C)cc4s3)cc2)c(Cl)cc1OCc1ccccc1. The fraction of sp³-hybridized carbons (Fsp3) is 0.138. The van der Waals surface area contributed by atoms with E-state index >= 15 is 0 Å². The van der Waals surface area contributed by atoms with Crippen molar-refractivity contribution in [3.8, 4) is 22.1 Å². The zero-order valence-corrected chi connectivity index (χ0v) is 21.1. The van der Waals surface area contributed by atoms with E-state index in [4.69, 9.17) is 26.1 Å². The van der Waals surface area contributed by atoms with Crippen molar-refractivity contribution in [3.63, 3.8) is 0 Å². The highest BCUT2D eigenvalue weighted by molar-refractivity contribution is 7.21. The summed E-state index contributed by atoms with van der Waals surface area (Å²) in [6.07, 6.45) is 0. The van der Waals surface area contributed by atoms with E-state index in [2.05, 4.69) is 54.7 Å². The molecule has 1 N–H and O–H groups in total. The van der Waals surface area contributed by atoms with Crippen LogP contribution < -0.4 is 14.8 Å². The van der Waals surface area contributed by atoms with Crippen LogP contribution in [0.4, 0.5) is 5.69 Å². The number of thiazole rings is 1. The molecule has 0 aliphatic heterocycles. The van der Waals surface area contributed by atoms with Gasteiger partial charge in [0.05, 0.1) is 17.3 Å². The van der Waals surface area contributed by atoms with Crippen LogP contribution >= 0.6 is 22.9 Å². The molecule has 0 radical (unpaired) electrons. The molecule has 4 nitrogen and oxygen atoms in total. The number of aryl methyl sites for hydroxylation is 1. The van der Waals surface area contributed by atoms with Crippen LogP contribution in [-0.4, -0.2) is 12.1 Å². The normalized spacial score (nSPS) is 10.9. The summed E-state index contributed by atoms with van der Waals surface area (Å²) in [5.74, 6) is 1.28. The van der Waals surface area contributed by atoms with Gasteiger partial charge in [-0.3, -0.25) is 0 Å². The van der Waals surface area contributed by atoms with Gasteiger partial charge in [-0.25, -0.2) is 4.98 Å². The topological polar surface area (TPSA) is 43.4 Å². The molecule has 0 bridgehead atoms. The fourth-order valence-electron chi connectivity index (χ4n) is 3.80. The third kappa shape index (κ3) is 5.42. The molecular weight excluding hydrogens is 476 g/mol. The van der Waals surface area contributed by atoms with E-state index in [0.717, 1.165) is 32.9 Å². The Labute approximate surface area is 214 Å². The molecule has 0 fully saturated rings. The van der Waals surface area contributed by atoms with E-state index in [9.17, 15) is 0 Å². The maximum absolute atomic E-state index is 6.58. The minimum atomic E-state index is 0.450. The summed E-state index contributed by atoms with van der Waals surface area (Å²) < 4.78 is 12.7. The van der Waals surface area contributed by atoms with Crippen molar-refractivity contribution in [1.82, 2.24) is 4.98 Å². The van der Waals surface area contributed by atoms with Gasteiger partial charge in [0, 0.05) is 28.9 Å². The van der Waals surface area contributed by atoms with Gasteiger partial charge in [0.1, 0.15) is 11.6 Å². The number of fused-ring (bicyclic) bond motifs is 1. The summed E-state index contributed by atoms with van der Waals surface area (Å²) in [5.41, 5.74) is 6.41. The highest BCUT2D eigenvalue weighted by Gasteiger charge is 2.12. The van der Waals surface area contributed by atoms with Crippen LogP contribution in [0.25, 0.3) is 20.8 Å². The molecule has 0 saturated carbocycles. The smallest absolute Gasteiger partial charge is 0.163 e. The van der Waals surface area contributed by atoms with Crippen LogP contribution in [0, 0.1) is 6.92 Å². The van der Waals surface area contributed by atoms with Gasteiger partial charge in [-0.05, 0) is 66.1 Å². The molecule has 0 spiro atoms. The third-order valence-corrected chi connectivity index (χ3v) is 7.15. The molecule has 5 rings (SSSR count). The summed E-state index contributed by atoms with van der Waals surface area (Å²) in [6.45, 7) is 3.12. The summed E-state index contributed by atoms with van der Waals surface area (Å²) in [7, 11) is 1.64. The van der Waals surface area contributed by atoms with Crippen molar-refractivity contribution in [3.05, 3.63) is 107 Å². The number of rotatable bonds is 8. The Hall–Kier alpha value is -3.54. The first-order valence-electron chi connectivity index (χ1n) is 11.3. The lowest BCUT2D eigenvalue weighted by Crippen LogP contribution is -2.03. The van der Waals surface area contributed by atoms with E-state index < -0.39 is 0 Å². The van der Waals surface area contributed by atoms with Gasteiger partial charge in [0.25, 0.3) is 0 Å². The summed E-state index contributed by atoms with van der Waals surface area (Å²) in [6, 6.07) is 28.4. The Kier molecular flexibility index (Phi) is 6.89.